The Balaban J connectivity index is 2.48. The van der Waals surface area contributed by atoms with Gasteiger partial charge in [-0.15, -0.1) is 6.58 Å². The van der Waals surface area contributed by atoms with Gasteiger partial charge >= 0.3 is 0 Å². The lowest BCUT2D eigenvalue weighted by Gasteiger charge is -2.15. The standard InChI is InChI=1S/C13H21FO/c1-2-12(14)10-11-8-6-4-3-5-7-9-13(11)15/h2,11-12H,1,3-10H2. The van der Waals surface area contributed by atoms with Gasteiger partial charge in [-0.05, 0) is 19.3 Å². The molecule has 0 aliphatic heterocycles. The lowest BCUT2D eigenvalue weighted by atomic mass is 9.90. The molecule has 2 atom stereocenters. The van der Waals surface area contributed by atoms with E-state index in [1.54, 1.807) is 0 Å². The van der Waals surface area contributed by atoms with Crippen LogP contribution in [0.15, 0.2) is 12.7 Å². The highest BCUT2D eigenvalue weighted by Crippen LogP contribution is 2.23. The third-order valence-electron chi connectivity index (χ3n) is 3.20. The summed E-state index contributed by atoms with van der Waals surface area (Å²) in [4.78, 5) is 11.8. The second-order valence-corrected chi connectivity index (χ2v) is 4.46. The molecule has 15 heavy (non-hydrogen) atoms. The maximum absolute atomic E-state index is 13.2. The van der Waals surface area contributed by atoms with Crippen LogP contribution in [0.4, 0.5) is 4.39 Å². The van der Waals surface area contributed by atoms with Gasteiger partial charge in [-0.1, -0.05) is 31.8 Å². The predicted molar refractivity (Wildman–Crippen MR) is 60.5 cm³/mol. The highest BCUT2D eigenvalue weighted by Gasteiger charge is 2.21. The van der Waals surface area contributed by atoms with Crippen LogP contribution in [0, 0.1) is 5.92 Å². The molecule has 0 N–H and O–H groups in total. The molecule has 1 aliphatic rings. The van der Waals surface area contributed by atoms with Crippen LogP contribution >= 0.6 is 0 Å². The second kappa shape index (κ2) is 6.76. The van der Waals surface area contributed by atoms with Gasteiger partial charge in [0.05, 0.1) is 0 Å². The van der Waals surface area contributed by atoms with Crippen molar-refractivity contribution in [1.29, 1.82) is 0 Å². The van der Waals surface area contributed by atoms with Gasteiger partial charge in [0.2, 0.25) is 0 Å². The summed E-state index contributed by atoms with van der Waals surface area (Å²) in [5.74, 6) is 0.206. The number of allylic oxidation sites excluding steroid dienone is 1. The van der Waals surface area contributed by atoms with Crippen molar-refractivity contribution < 1.29 is 9.18 Å². The van der Waals surface area contributed by atoms with Crippen LogP contribution < -0.4 is 0 Å². The highest BCUT2D eigenvalue weighted by molar-refractivity contribution is 5.81. The van der Waals surface area contributed by atoms with Crippen LogP contribution in [0.3, 0.4) is 0 Å². The van der Waals surface area contributed by atoms with E-state index in [0.717, 1.165) is 25.7 Å². The van der Waals surface area contributed by atoms with Crippen molar-refractivity contribution in [2.24, 2.45) is 5.92 Å². The van der Waals surface area contributed by atoms with E-state index in [0.29, 0.717) is 12.8 Å². The predicted octanol–water partition coefficient (Wildman–Crippen LogP) is 3.83. The minimum atomic E-state index is -1.01. The summed E-state index contributed by atoms with van der Waals surface area (Å²) in [6, 6.07) is 0. The summed E-state index contributed by atoms with van der Waals surface area (Å²) < 4.78 is 13.2. The average molecular weight is 212 g/mol. The Labute approximate surface area is 91.8 Å². The SMILES string of the molecule is C=CC(F)CC1CCCCCCCC1=O. The molecule has 1 nitrogen and oxygen atoms in total. The van der Waals surface area contributed by atoms with Gasteiger partial charge in [0, 0.05) is 12.3 Å². The molecule has 86 valence electrons. The third-order valence-corrected chi connectivity index (χ3v) is 3.20. The van der Waals surface area contributed by atoms with Gasteiger partial charge in [-0.2, -0.15) is 0 Å². The smallest absolute Gasteiger partial charge is 0.136 e. The van der Waals surface area contributed by atoms with Crippen LogP contribution in [0.25, 0.3) is 0 Å². The van der Waals surface area contributed by atoms with Gasteiger partial charge in [0.15, 0.2) is 0 Å². The minimum absolute atomic E-state index is 0.0592. The number of halogens is 1. The number of ketones is 1. The maximum Gasteiger partial charge on any atom is 0.136 e. The van der Waals surface area contributed by atoms with Crippen LogP contribution in [0.1, 0.15) is 51.4 Å². The van der Waals surface area contributed by atoms with Crippen LogP contribution in [-0.4, -0.2) is 12.0 Å². The Hall–Kier alpha value is -0.660. The zero-order valence-electron chi connectivity index (χ0n) is 9.38. The Morgan fingerprint density at radius 2 is 2.00 bits per heavy atom. The first-order chi connectivity index (χ1) is 7.24. The summed E-state index contributed by atoms with van der Waals surface area (Å²) >= 11 is 0. The summed E-state index contributed by atoms with van der Waals surface area (Å²) in [5.41, 5.74) is 0. The van der Waals surface area contributed by atoms with E-state index in [9.17, 15) is 9.18 Å². The Morgan fingerprint density at radius 1 is 1.33 bits per heavy atom. The first kappa shape index (κ1) is 12.4. The van der Waals surface area contributed by atoms with Crippen molar-refractivity contribution in [3.05, 3.63) is 12.7 Å². The number of Topliss-reactive ketones (excluding diaryl/α,β-unsaturated/α-hetero) is 1. The number of hydrogen-bond acceptors (Lipinski definition) is 1. The highest BCUT2D eigenvalue weighted by atomic mass is 19.1. The molecule has 0 bridgehead atoms. The number of hydrogen-bond donors (Lipinski definition) is 0. The van der Waals surface area contributed by atoms with E-state index in [1.807, 2.05) is 0 Å². The summed E-state index contributed by atoms with van der Waals surface area (Å²) in [6.07, 6.45) is 7.78. The Bertz CT molecular complexity index is 213. The maximum atomic E-state index is 13.2. The van der Waals surface area contributed by atoms with Gasteiger partial charge in [-0.3, -0.25) is 4.79 Å². The fraction of sp³-hybridized carbons (Fsp3) is 0.769. The van der Waals surface area contributed by atoms with E-state index in [-0.39, 0.29) is 11.7 Å². The van der Waals surface area contributed by atoms with Crippen molar-refractivity contribution in [2.75, 3.05) is 0 Å². The molecule has 0 saturated heterocycles. The molecule has 0 aromatic carbocycles. The molecule has 1 fully saturated rings. The molecular formula is C13H21FO. The van der Waals surface area contributed by atoms with Crippen LogP contribution in [0.5, 0.6) is 0 Å². The topological polar surface area (TPSA) is 17.1 Å². The molecule has 0 amide bonds. The van der Waals surface area contributed by atoms with Crippen LogP contribution in [-0.2, 0) is 4.79 Å². The van der Waals surface area contributed by atoms with E-state index >= 15 is 0 Å². The summed E-state index contributed by atoms with van der Waals surface area (Å²) in [6.45, 7) is 3.43. The number of carbonyl (C=O) groups excluding carboxylic acids is 1. The first-order valence-electron chi connectivity index (χ1n) is 6.03. The second-order valence-electron chi connectivity index (χ2n) is 4.46. The third kappa shape index (κ3) is 4.59. The average Bonchev–Trinajstić information content (AvgIpc) is 2.33. The van der Waals surface area contributed by atoms with Gasteiger partial charge < -0.3 is 0 Å². The van der Waals surface area contributed by atoms with Gasteiger partial charge in [0.25, 0.3) is 0 Å². The van der Waals surface area contributed by atoms with E-state index in [4.69, 9.17) is 0 Å². The fourth-order valence-corrected chi connectivity index (χ4v) is 2.20. The number of alkyl halides is 1. The minimum Gasteiger partial charge on any atom is -0.299 e. The molecule has 0 heterocycles. The Morgan fingerprint density at radius 3 is 2.73 bits per heavy atom. The van der Waals surface area contributed by atoms with E-state index in [2.05, 4.69) is 6.58 Å². The molecule has 1 aliphatic carbocycles. The zero-order chi connectivity index (χ0) is 11.1. The Kier molecular flexibility index (Phi) is 5.59. The summed E-state index contributed by atoms with van der Waals surface area (Å²) in [7, 11) is 0. The van der Waals surface area contributed by atoms with E-state index < -0.39 is 6.17 Å². The molecule has 1 saturated carbocycles. The number of carbonyl (C=O) groups is 1. The molecular weight excluding hydrogens is 191 g/mol. The monoisotopic (exact) mass is 212 g/mol. The van der Waals surface area contributed by atoms with Crippen molar-refractivity contribution in [3.63, 3.8) is 0 Å². The zero-order valence-corrected chi connectivity index (χ0v) is 9.38. The largest absolute Gasteiger partial charge is 0.299 e. The summed E-state index contributed by atoms with van der Waals surface area (Å²) in [5, 5.41) is 0. The molecule has 2 heteroatoms. The van der Waals surface area contributed by atoms with E-state index in [1.165, 1.54) is 18.9 Å². The molecule has 0 spiro atoms. The first-order valence-corrected chi connectivity index (χ1v) is 6.03. The van der Waals surface area contributed by atoms with Gasteiger partial charge in [0.1, 0.15) is 12.0 Å². The van der Waals surface area contributed by atoms with Crippen molar-refractivity contribution in [2.45, 2.75) is 57.5 Å². The van der Waals surface area contributed by atoms with Crippen molar-refractivity contribution >= 4 is 5.78 Å². The number of rotatable bonds is 3. The lowest BCUT2D eigenvalue weighted by Crippen LogP contribution is -2.18. The van der Waals surface area contributed by atoms with Crippen molar-refractivity contribution in [1.82, 2.24) is 0 Å². The molecule has 0 radical (unpaired) electrons. The quantitative estimate of drug-likeness (QED) is 0.650. The molecule has 1 rings (SSSR count). The van der Waals surface area contributed by atoms with Gasteiger partial charge in [-0.25, -0.2) is 4.39 Å². The van der Waals surface area contributed by atoms with Crippen LogP contribution in [0.2, 0.25) is 0 Å². The normalized spacial score (nSPS) is 26.2. The van der Waals surface area contributed by atoms with Crippen molar-refractivity contribution in [3.8, 4) is 0 Å². The molecule has 0 aromatic heterocycles. The lowest BCUT2D eigenvalue weighted by molar-refractivity contribution is -0.123. The fourth-order valence-electron chi connectivity index (χ4n) is 2.20. The molecule has 0 aromatic rings. The molecule has 2 unspecified atom stereocenters.